The predicted molar refractivity (Wildman–Crippen MR) is 82.5 cm³/mol. The van der Waals surface area contributed by atoms with Crippen LogP contribution in [0.5, 0.6) is 0 Å². The molecule has 2 N–H and O–H groups in total. The van der Waals surface area contributed by atoms with Crippen LogP contribution in [0.2, 0.25) is 0 Å². The number of carbonyl (C=O) groups excluding carboxylic acids is 1. The van der Waals surface area contributed by atoms with Gasteiger partial charge in [-0.3, -0.25) is 0 Å². The molecule has 1 aliphatic heterocycles. The summed E-state index contributed by atoms with van der Waals surface area (Å²) in [4.78, 5) is 16.3. The highest BCUT2D eigenvalue weighted by atomic mass is 16.6. The van der Waals surface area contributed by atoms with Crippen LogP contribution in [-0.2, 0) is 17.5 Å². The molecule has 1 amide bonds. The van der Waals surface area contributed by atoms with E-state index in [-0.39, 0.29) is 6.61 Å². The van der Waals surface area contributed by atoms with Gasteiger partial charge in [-0.25, -0.2) is 4.79 Å². The first-order valence-corrected chi connectivity index (χ1v) is 6.98. The Bertz CT molecular complexity index is 773. The van der Waals surface area contributed by atoms with Crippen LogP contribution >= 0.6 is 0 Å². The molecule has 0 aliphatic carbocycles. The van der Waals surface area contributed by atoms with Crippen molar-refractivity contribution >= 4 is 17.0 Å². The van der Waals surface area contributed by atoms with Crippen LogP contribution in [0.25, 0.3) is 10.9 Å². The molecule has 1 aliphatic rings. The lowest BCUT2D eigenvalue weighted by Crippen LogP contribution is -2.28. The number of ether oxygens (including phenoxy) is 1. The predicted octanol–water partition coefficient (Wildman–Crippen LogP) is 1.92. The van der Waals surface area contributed by atoms with Crippen LogP contribution in [0.3, 0.4) is 0 Å². The van der Waals surface area contributed by atoms with Gasteiger partial charge in [0.15, 0.2) is 0 Å². The largest absolute Gasteiger partial charge is 0.447 e. The van der Waals surface area contributed by atoms with Crippen LogP contribution in [0.15, 0.2) is 24.4 Å². The Morgan fingerprint density at radius 2 is 2.38 bits per heavy atom. The van der Waals surface area contributed by atoms with E-state index in [1.807, 2.05) is 19.0 Å². The van der Waals surface area contributed by atoms with Gasteiger partial charge in [0, 0.05) is 26.4 Å². The molecular formula is C16H21N3O2. The summed E-state index contributed by atoms with van der Waals surface area (Å²) in [5, 5.41) is 3.37. The number of nitrogens with one attached hydrogen (secondary N) is 2. The third-order valence-electron chi connectivity index (χ3n) is 3.52. The lowest BCUT2D eigenvalue weighted by Gasteiger charge is -2.09. The average molecular weight is 290 g/mol. The Morgan fingerprint density at radius 1 is 1.52 bits per heavy atom. The van der Waals surface area contributed by atoms with Crippen LogP contribution < -0.4 is 5.32 Å². The zero-order valence-electron chi connectivity index (χ0n) is 15.2. The van der Waals surface area contributed by atoms with Crippen LogP contribution in [0, 0.1) is 0 Å². The number of likely N-dealkylation sites (N-methyl/N-ethyl adjacent to an activating group) is 1. The van der Waals surface area contributed by atoms with Crippen molar-refractivity contribution in [3.8, 4) is 0 Å². The van der Waals surface area contributed by atoms with Gasteiger partial charge in [0.25, 0.3) is 0 Å². The summed E-state index contributed by atoms with van der Waals surface area (Å²) < 4.78 is 29.7. The number of cyclic esters (lactones) is 1. The van der Waals surface area contributed by atoms with Crippen LogP contribution in [-0.4, -0.2) is 49.3 Å². The van der Waals surface area contributed by atoms with E-state index in [4.69, 9.17) is 8.85 Å². The second-order valence-electron chi connectivity index (χ2n) is 5.48. The number of benzene rings is 1. The van der Waals surface area contributed by atoms with Gasteiger partial charge in [-0.2, -0.15) is 0 Å². The number of aromatic amines is 1. The van der Waals surface area contributed by atoms with Gasteiger partial charge in [0.2, 0.25) is 0 Å². The van der Waals surface area contributed by atoms with Gasteiger partial charge < -0.3 is 19.9 Å². The summed E-state index contributed by atoms with van der Waals surface area (Å²) in [5.74, 6) is 0. The number of amides is 1. The molecule has 2 aromatic rings. The van der Waals surface area contributed by atoms with Gasteiger partial charge in [-0.15, -0.1) is 0 Å². The molecule has 1 atom stereocenters. The molecule has 0 unspecified atom stereocenters. The van der Waals surface area contributed by atoms with Gasteiger partial charge in [0.05, 0.1) is 7.41 Å². The number of nitrogens with zero attached hydrogens (tertiary/aromatic N) is 1. The second-order valence-corrected chi connectivity index (χ2v) is 5.48. The molecule has 0 radical (unpaired) electrons. The lowest BCUT2D eigenvalue weighted by atomic mass is 10.0. The van der Waals surface area contributed by atoms with E-state index in [1.165, 1.54) is 0 Å². The first-order valence-electron chi connectivity index (χ1n) is 8.48. The summed E-state index contributed by atoms with van der Waals surface area (Å²) in [6.07, 6.45) is -1.27. The van der Waals surface area contributed by atoms with E-state index in [0.29, 0.717) is 18.2 Å². The molecule has 1 saturated heterocycles. The van der Waals surface area contributed by atoms with Crippen molar-refractivity contribution in [3.05, 3.63) is 35.5 Å². The number of hydrogen-bond donors (Lipinski definition) is 2. The molecule has 1 fully saturated rings. The SMILES string of the molecule is [2H]c1[nH]c2ccc(C([2H])([2H])[C@H]3COC(=O)N3)cc2c1CCN(C)C. The Balaban J connectivity index is 1.97. The summed E-state index contributed by atoms with van der Waals surface area (Å²) in [6, 6.07) is 4.54. The summed E-state index contributed by atoms with van der Waals surface area (Å²) in [7, 11) is 3.95. The topological polar surface area (TPSA) is 57.4 Å². The summed E-state index contributed by atoms with van der Waals surface area (Å²) in [6.45, 7) is 0.816. The number of fused-ring (bicyclic) bond motifs is 1. The molecule has 5 nitrogen and oxygen atoms in total. The van der Waals surface area contributed by atoms with Gasteiger partial charge in [-0.1, -0.05) is 6.07 Å². The first kappa shape index (κ1) is 10.7. The molecule has 0 spiro atoms. The molecular weight excluding hydrogens is 266 g/mol. The lowest BCUT2D eigenvalue weighted by molar-refractivity contribution is 0.177. The van der Waals surface area contributed by atoms with Crippen molar-refractivity contribution in [1.29, 1.82) is 0 Å². The first-order chi connectivity index (χ1) is 11.3. The van der Waals surface area contributed by atoms with E-state index >= 15 is 0 Å². The molecule has 3 rings (SSSR count). The van der Waals surface area contributed by atoms with Crippen molar-refractivity contribution in [2.45, 2.75) is 18.8 Å². The molecule has 112 valence electrons. The number of hydrogen-bond acceptors (Lipinski definition) is 3. The van der Waals surface area contributed by atoms with E-state index < -0.39 is 18.5 Å². The average Bonchev–Trinajstić information content (AvgIpc) is 3.07. The Kier molecular flexibility index (Phi) is 2.94. The molecule has 2 heterocycles. The van der Waals surface area contributed by atoms with E-state index in [1.54, 1.807) is 18.2 Å². The normalized spacial score (nSPS) is 21.0. The maximum Gasteiger partial charge on any atom is 0.407 e. The standard InChI is InChI=1S/C16H21N3O2/c1-19(2)6-5-12-9-17-15-4-3-11(8-14(12)15)7-13-10-21-16(20)18-13/h3-4,8-9,13,17H,5-7,10H2,1-2H3,(H,18,20)/t13-/m0/s1/i7D2,9D. The highest BCUT2D eigenvalue weighted by Gasteiger charge is 2.22. The summed E-state index contributed by atoms with van der Waals surface area (Å²) >= 11 is 0. The number of carbonyl (C=O) groups is 1. The number of aromatic nitrogens is 1. The zero-order chi connectivity index (χ0) is 17.5. The molecule has 1 aromatic heterocycles. The maximum atomic E-state index is 11.2. The van der Waals surface area contributed by atoms with Crippen LogP contribution in [0.1, 0.15) is 15.2 Å². The number of H-pyrrole nitrogens is 1. The minimum absolute atomic E-state index is 0.00812. The highest BCUT2D eigenvalue weighted by molar-refractivity contribution is 5.84. The van der Waals surface area contributed by atoms with Crippen molar-refractivity contribution in [2.75, 3.05) is 27.2 Å². The number of alkyl carbamates (subject to hydrolysis) is 1. The van der Waals surface area contributed by atoms with E-state index in [2.05, 4.69) is 10.3 Å². The molecule has 21 heavy (non-hydrogen) atoms. The maximum absolute atomic E-state index is 11.2. The van der Waals surface area contributed by atoms with Gasteiger partial charge in [0.1, 0.15) is 6.61 Å². The fraction of sp³-hybridized carbons (Fsp3) is 0.438. The Morgan fingerprint density at radius 3 is 3.10 bits per heavy atom. The Labute approximate surface area is 128 Å². The molecule has 1 aromatic carbocycles. The van der Waals surface area contributed by atoms with E-state index in [0.717, 1.165) is 23.0 Å². The fourth-order valence-electron chi connectivity index (χ4n) is 2.40. The molecule has 5 heteroatoms. The molecule has 0 bridgehead atoms. The third kappa shape index (κ3) is 3.19. The van der Waals surface area contributed by atoms with Crippen molar-refractivity contribution in [2.24, 2.45) is 0 Å². The van der Waals surface area contributed by atoms with Crippen molar-refractivity contribution in [1.82, 2.24) is 15.2 Å². The smallest absolute Gasteiger partial charge is 0.407 e. The fourth-order valence-corrected chi connectivity index (χ4v) is 2.40. The summed E-state index contributed by atoms with van der Waals surface area (Å²) in [5.41, 5.74) is 2.17. The van der Waals surface area contributed by atoms with Crippen molar-refractivity contribution in [3.63, 3.8) is 0 Å². The number of rotatable bonds is 5. The van der Waals surface area contributed by atoms with Crippen molar-refractivity contribution < 1.29 is 13.6 Å². The van der Waals surface area contributed by atoms with E-state index in [9.17, 15) is 4.79 Å². The minimum atomic E-state index is -1.75. The van der Waals surface area contributed by atoms with Gasteiger partial charge >= 0.3 is 6.09 Å². The second kappa shape index (κ2) is 5.77. The highest BCUT2D eigenvalue weighted by Crippen LogP contribution is 2.21. The minimum Gasteiger partial charge on any atom is -0.447 e. The Hall–Kier alpha value is -2.01. The third-order valence-corrected chi connectivity index (χ3v) is 3.52. The monoisotopic (exact) mass is 290 g/mol. The van der Waals surface area contributed by atoms with Crippen LogP contribution in [0.4, 0.5) is 4.79 Å². The zero-order valence-corrected chi connectivity index (χ0v) is 12.2. The molecule has 0 saturated carbocycles. The van der Waals surface area contributed by atoms with Gasteiger partial charge in [-0.05, 0) is 50.1 Å². The quantitative estimate of drug-likeness (QED) is 0.884.